The van der Waals surface area contributed by atoms with Gasteiger partial charge in [0.25, 0.3) is 5.91 Å². The van der Waals surface area contributed by atoms with Gasteiger partial charge in [0.2, 0.25) is 0 Å². The van der Waals surface area contributed by atoms with Gasteiger partial charge in [-0.15, -0.1) is 11.8 Å². The number of nitrogens with one attached hydrogen (secondary N) is 1. The lowest BCUT2D eigenvalue weighted by molar-refractivity contribution is -0.141. The first-order valence-electron chi connectivity index (χ1n) is 7.65. The lowest BCUT2D eigenvalue weighted by Gasteiger charge is -2.08. The summed E-state index contributed by atoms with van der Waals surface area (Å²) < 4.78 is 10.1. The highest BCUT2D eigenvalue weighted by molar-refractivity contribution is 7.99. The monoisotopic (exact) mass is 413 g/mol. The van der Waals surface area contributed by atoms with E-state index in [1.165, 1.54) is 11.8 Å². The van der Waals surface area contributed by atoms with Crippen LogP contribution < -0.4 is 10.1 Å². The van der Waals surface area contributed by atoms with Crippen LogP contribution in [0.3, 0.4) is 0 Å². The number of hydrogen-bond donors (Lipinski definition) is 1. The maximum Gasteiger partial charge on any atom is 0.325 e. The van der Waals surface area contributed by atoms with Gasteiger partial charge in [-0.3, -0.25) is 9.59 Å². The zero-order valence-corrected chi connectivity index (χ0v) is 16.3. The van der Waals surface area contributed by atoms with E-state index in [-0.39, 0.29) is 19.1 Å². The highest BCUT2D eigenvalue weighted by atomic mass is 35.5. The number of benzene rings is 2. The third-order valence-electron chi connectivity index (χ3n) is 3.24. The van der Waals surface area contributed by atoms with Gasteiger partial charge in [0.15, 0.2) is 0 Å². The second kappa shape index (κ2) is 10.3. The van der Waals surface area contributed by atoms with Gasteiger partial charge < -0.3 is 14.8 Å². The molecule has 26 heavy (non-hydrogen) atoms. The molecule has 2 aromatic rings. The molecule has 5 nitrogen and oxygen atoms in total. The molecular weight excluding hydrogens is 397 g/mol. The molecule has 0 saturated carbocycles. The third-order valence-corrected chi connectivity index (χ3v) is 4.94. The Morgan fingerprint density at radius 3 is 2.54 bits per heavy atom. The summed E-state index contributed by atoms with van der Waals surface area (Å²) in [5.74, 6) is 0.311. The Balaban J connectivity index is 1.68. The lowest BCUT2D eigenvalue weighted by atomic mass is 10.2. The number of hydrogen-bond acceptors (Lipinski definition) is 5. The van der Waals surface area contributed by atoms with Crippen LogP contribution in [-0.2, 0) is 9.53 Å². The van der Waals surface area contributed by atoms with E-state index in [4.69, 9.17) is 32.7 Å². The van der Waals surface area contributed by atoms with E-state index in [1.54, 1.807) is 49.6 Å². The fourth-order valence-corrected chi connectivity index (χ4v) is 3.26. The van der Waals surface area contributed by atoms with E-state index >= 15 is 0 Å². The smallest absolute Gasteiger partial charge is 0.325 e. The van der Waals surface area contributed by atoms with Gasteiger partial charge in [-0.2, -0.15) is 0 Å². The van der Waals surface area contributed by atoms with E-state index < -0.39 is 5.97 Å². The number of amides is 1. The molecule has 0 atom stereocenters. The molecule has 2 aromatic carbocycles. The van der Waals surface area contributed by atoms with Crippen molar-refractivity contribution >= 4 is 46.8 Å². The fourth-order valence-electron chi connectivity index (χ4n) is 1.94. The molecule has 0 aliphatic carbocycles. The first-order chi connectivity index (χ1) is 12.5. The molecule has 0 radical (unpaired) electrons. The summed E-state index contributed by atoms with van der Waals surface area (Å²) in [5, 5.41) is 3.70. The number of methoxy groups -OCH3 is 1. The highest BCUT2D eigenvalue weighted by Crippen LogP contribution is 2.29. The van der Waals surface area contributed by atoms with Crippen molar-refractivity contribution in [1.82, 2.24) is 5.32 Å². The molecule has 1 amide bonds. The topological polar surface area (TPSA) is 64.6 Å². The number of rotatable bonds is 8. The largest absolute Gasteiger partial charge is 0.497 e. The zero-order chi connectivity index (χ0) is 18.9. The quantitative estimate of drug-likeness (QED) is 0.401. The second-order valence-electron chi connectivity index (χ2n) is 5.05. The van der Waals surface area contributed by atoms with Gasteiger partial charge in [-0.25, -0.2) is 0 Å². The van der Waals surface area contributed by atoms with Gasteiger partial charge >= 0.3 is 5.97 Å². The van der Waals surface area contributed by atoms with Gasteiger partial charge in [-0.1, -0.05) is 23.2 Å². The Kier molecular flexibility index (Phi) is 8.09. The normalized spacial score (nSPS) is 10.3. The Morgan fingerprint density at radius 1 is 1.12 bits per heavy atom. The standard InChI is InChI=1S/C18H17Cl2NO4S/c1-24-14-5-2-12(3-6-14)18(23)21-11-17(22)25-8-9-26-16-10-13(19)4-7-15(16)20/h2-7,10H,8-9,11H2,1H3,(H,21,23). The average molecular weight is 414 g/mol. The van der Waals surface area contributed by atoms with Crippen molar-refractivity contribution in [2.24, 2.45) is 0 Å². The Labute approximate surface area is 166 Å². The van der Waals surface area contributed by atoms with Crippen LogP contribution in [-0.4, -0.2) is 37.9 Å². The summed E-state index contributed by atoms with van der Waals surface area (Å²) in [6.07, 6.45) is 0. The van der Waals surface area contributed by atoms with Crippen LogP contribution >= 0.6 is 35.0 Å². The Hall–Kier alpha value is -1.89. The van der Waals surface area contributed by atoms with E-state index in [0.717, 1.165) is 4.90 Å². The molecular formula is C18H17Cl2NO4S. The molecule has 8 heteroatoms. The minimum Gasteiger partial charge on any atom is -0.497 e. The van der Waals surface area contributed by atoms with Gasteiger partial charge in [-0.05, 0) is 42.5 Å². The summed E-state index contributed by atoms with van der Waals surface area (Å²) in [6.45, 7) is -0.00179. The summed E-state index contributed by atoms with van der Waals surface area (Å²) in [7, 11) is 1.55. The van der Waals surface area contributed by atoms with Crippen molar-refractivity contribution in [3.63, 3.8) is 0 Å². The second-order valence-corrected chi connectivity index (χ2v) is 7.04. The SMILES string of the molecule is COc1ccc(C(=O)NCC(=O)OCCSc2cc(Cl)ccc2Cl)cc1. The first kappa shape index (κ1) is 20.4. The number of carbonyl (C=O) groups is 2. The maximum absolute atomic E-state index is 11.9. The van der Waals surface area contributed by atoms with Crippen LogP contribution in [0.15, 0.2) is 47.4 Å². The van der Waals surface area contributed by atoms with Crippen molar-refractivity contribution in [3.05, 3.63) is 58.1 Å². The van der Waals surface area contributed by atoms with Crippen LogP contribution in [0.1, 0.15) is 10.4 Å². The van der Waals surface area contributed by atoms with Crippen LogP contribution in [0.4, 0.5) is 0 Å². The van der Waals surface area contributed by atoms with Crippen LogP contribution in [0.5, 0.6) is 5.75 Å². The minimum absolute atomic E-state index is 0.199. The van der Waals surface area contributed by atoms with Crippen molar-refractivity contribution < 1.29 is 19.1 Å². The molecule has 138 valence electrons. The number of thioether (sulfide) groups is 1. The van der Waals surface area contributed by atoms with Crippen molar-refractivity contribution in [2.45, 2.75) is 4.90 Å². The van der Waals surface area contributed by atoms with Crippen molar-refractivity contribution in [2.75, 3.05) is 26.0 Å². The van der Waals surface area contributed by atoms with E-state index in [0.29, 0.717) is 27.1 Å². The molecule has 0 aliphatic heterocycles. The summed E-state index contributed by atoms with van der Waals surface area (Å²) >= 11 is 13.4. The summed E-state index contributed by atoms with van der Waals surface area (Å²) in [4.78, 5) is 24.5. The number of ether oxygens (including phenoxy) is 2. The van der Waals surface area contributed by atoms with E-state index in [9.17, 15) is 9.59 Å². The molecule has 0 spiro atoms. The number of esters is 1. The van der Waals surface area contributed by atoms with Crippen molar-refractivity contribution in [1.29, 1.82) is 0 Å². The third kappa shape index (κ3) is 6.44. The molecule has 1 N–H and O–H groups in total. The van der Waals surface area contributed by atoms with Gasteiger partial charge in [0.1, 0.15) is 18.9 Å². The Bertz CT molecular complexity index is 768. The number of halogens is 2. The summed E-state index contributed by atoms with van der Waals surface area (Å²) in [5.41, 5.74) is 0.435. The number of carbonyl (C=O) groups excluding carboxylic acids is 2. The van der Waals surface area contributed by atoms with Crippen LogP contribution in [0, 0.1) is 0 Å². The van der Waals surface area contributed by atoms with E-state index in [1.807, 2.05) is 0 Å². The first-order valence-corrected chi connectivity index (χ1v) is 9.39. The zero-order valence-electron chi connectivity index (χ0n) is 14.0. The predicted octanol–water partition coefficient (Wildman–Crippen LogP) is 4.07. The lowest BCUT2D eigenvalue weighted by Crippen LogP contribution is -2.30. The maximum atomic E-state index is 11.9. The molecule has 0 aliphatic rings. The molecule has 0 fully saturated rings. The molecule has 0 unspecified atom stereocenters. The minimum atomic E-state index is -0.510. The van der Waals surface area contributed by atoms with Gasteiger partial charge in [0.05, 0.1) is 12.1 Å². The average Bonchev–Trinajstić information content (AvgIpc) is 2.66. The molecule has 0 saturated heterocycles. The van der Waals surface area contributed by atoms with Crippen LogP contribution in [0.2, 0.25) is 10.0 Å². The van der Waals surface area contributed by atoms with Gasteiger partial charge in [0, 0.05) is 21.2 Å². The molecule has 0 bridgehead atoms. The predicted molar refractivity (Wildman–Crippen MR) is 103 cm³/mol. The highest BCUT2D eigenvalue weighted by Gasteiger charge is 2.09. The molecule has 0 aromatic heterocycles. The molecule has 0 heterocycles. The van der Waals surface area contributed by atoms with E-state index in [2.05, 4.69) is 5.32 Å². The Morgan fingerprint density at radius 2 is 1.85 bits per heavy atom. The molecule has 2 rings (SSSR count). The summed E-state index contributed by atoms with van der Waals surface area (Å²) in [6, 6.07) is 11.8. The van der Waals surface area contributed by atoms with Crippen molar-refractivity contribution in [3.8, 4) is 5.75 Å². The fraction of sp³-hybridized carbons (Fsp3) is 0.222. The van der Waals surface area contributed by atoms with Crippen LogP contribution in [0.25, 0.3) is 0 Å².